The van der Waals surface area contributed by atoms with E-state index in [1.807, 2.05) is 54.6 Å². The highest BCUT2D eigenvalue weighted by molar-refractivity contribution is 5.75. The third-order valence-corrected chi connectivity index (χ3v) is 4.06. The number of ether oxygens (including phenoxy) is 1. The largest absolute Gasteiger partial charge is 0.457 e. The Morgan fingerprint density at radius 3 is 2.07 bits per heavy atom. The Bertz CT molecular complexity index is 1110. The van der Waals surface area contributed by atoms with Crippen LogP contribution in [0.2, 0.25) is 0 Å². The molecular weight excluding hydrogens is 352 g/mol. The molecule has 0 radical (unpaired) electrons. The van der Waals surface area contributed by atoms with E-state index in [1.54, 1.807) is 18.2 Å². The molecule has 28 heavy (non-hydrogen) atoms. The molecule has 4 aromatic rings. The molecule has 0 amide bonds. The molecule has 2 heterocycles. The van der Waals surface area contributed by atoms with E-state index >= 15 is 0 Å². The lowest BCUT2D eigenvalue weighted by Crippen LogP contribution is -2.03. The van der Waals surface area contributed by atoms with Crippen LogP contribution in [0.3, 0.4) is 0 Å². The Kier molecular flexibility index (Phi) is 4.47. The molecule has 0 fully saturated rings. The molecule has 2 aromatic carbocycles. The molecule has 2 aromatic heterocycles. The summed E-state index contributed by atoms with van der Waals surface area (Å²) in [5, 5.41) is 0. The fourth-order valence-corrected chi connectivity index (χ4v) is 2.74. The van der Waals surface area contributed by atoms with Gasteiger partial charge in [-0.25, -0.2) is 15.0 Å². The van der Waals surface area contributed by atoms with Crippen LogP contribution in [0.5, 0.6) is 11.5 Å². The van der Waals surface area contributed by atoms with Gasteiger partial charge in [0.2, 0.25) is 5.95 Å². The van der Waals surface area contributed by atoms with Gasteiger partial charge in [-0.2, -0.15) is 0 Å². The SMILES string of the molecule is Nc1ccc(N)c(-c2cc(-c3ccc(Oc4ccccc4)cc3)nc(N)n2)n1. The van der Waals surface area contributed by atoms with Crippen molar-refractivity contribution in [2.45, 2.75) is 0 Å². The minimum atomic E-state index is 0.126. The third kappa shape index (κ3) is 3.68. The quantitative estimate of drug-likeness (QED) is 0.499. The molecule has 0 bridgehead atoms. The number of hydrogen-bond acceptors (Lipinski definition) is 7. The molecule has 0 aliphatic rings. The zero-order valence-electron chi connectivity index (χ0n) is 14.9. The van der Waals surface area contributed by atoms with Crippen molar-refractivity contribution in [1.82, 2.24) is 15.0 Å². The summed E-state index contributed by atoms with van der Waals surface area (Å²) in [6, 6.07) is 22.2. The Morgan fingerprint density at radius 2 is 1.32 bits per heavy atom. The maximum Gasteiger partial charge on any atom is 0.221 e. The van der Waals surface area contributed by atoms with Crippen LogP contribution in [0, 0.1) is 0 Å². The number of para-hydroxylation sites is 1. The van der Waals surface area contributed by atoms with Gasteiger partial charge in [0, 0.05) is 5.56 Å². The molecule has 6 N–H and O–H groups in total. The van der Waals surface area contributed by atoms with Crippen molar-refractivity contribution in [3.05, 3.63) is 72.8 Å². The molecule has 0 saturated heterocycles. The summed E-state index contributed by atoms with van der Waals surface area (Å²) in [5.41, 5.74) is 20.7. The van der Waals surface area contributed by atoms with Crippen molar-refractivity contribution in [2.75, 3.05) is 17.2 Å². The van der Waals surface area contributed by atoms with Crippen molar-refractivity contribution >= 4 is 17.5 Å². The Morgan fingerprint density at radius 1 is 0.643 bits per heavy atom. The van der Waals surface area contributed by atoms with Crippen LogP contribution >= 0.6 is 0 Å². The second kappa shape index (κ2) is 7.24. The van der Waals surface area contributed by atoms with Gasteiger partial charge in [0.25, 0.3) is 0 Å². The molecule has 7 heteroatoms. The van der Waals surface area contributed by atoms with Crippen molar-refractivity contribution in [1.29, 1.82) is 0 Å². The maximum atomic E-state index is 6.02. The van der Waals surface area contributed by atoms with Crippen LogP contribution in [0.1, 0.15) is 0 Å². The highest BCUT2D eigenvalue weighted by Crippen LogP contribution is 2.29. The first-order chi connectivity index (χ1) is 13.6. The third-order valence-electron chi connectivity index (χ3n) is 4.06. The molecule has 7 nitrogen and oxygen atoms in total. The zero-order chi connectivity index (χ0) is 19.5. The lowest BCUT2D eigenvalue weighted by Gasteiger charge is -2.09. The summed E-state index contributed by atoms with van der Waals surface area (Å²) in [5.74, 6) is 1.97. The zero-order valence-corrected chi connectivity index (χ0v) is 14.9. The normalized spacial score (nSPS) is 10.6. The second-order valence-electron chi connectivity index (χ2n) is 6.11. The maximum absolute atomic E-state index is 6.02. The van der Waals surface area contributed by atoms with E-state index in [-0.39, 0.29) is 5.95 Å². The van der Waals surface area contributed by atoms with Gasteiger partial charge >= 0.3 is 0 Å². The van der Waals surface area contributed by atoms with Gasteiger partial charge in [-0.05, 0) is 54.6 Å². The Hall–Kier alpha value is -4.13. The number of pyridine rings is 1. The number of anilines is 3. The molecule has 138 valence electrons. The van der Waals surface area contributed by atoms with E-state index in [0.29, 0.717) is 28.6 Å². The van der Waals surface area contributed by atoms with E-state index in [0.717, 1.165) is 17.1 Å². The van der Waals surface area contributed by atoms with Gasteiger partial charge in [-0.1, -0.05) is 18.2 Å². The van der Waals surface area contributed by atoms with Gasteiger partial charge in [-0.15, -0.1) is 0 Å². The molecular formula is C21H18N6O. The number of hydrogen-bond donors (Lipinski definition) is 3. The molecule has 0 aliphatic heterocycles. The van der Waals surface area contributed by atoms with Crippen LogP contribution < -0.4 is 21.9 Å². The minimum Gasteiger partial charge on any atom is -0.457 e. The van der Waals surface area contributed by atoms with Gasteiger partial charge in [-0.3, -0.25) is 0 Å². The molecule has 0 unspecified atom stereocenters. The van der Waals surface area contributed by atoms with Crippen LogP contribution in [-0.4, -0.2) is 15.0 Å². The lowest BCUT2D eigenvalue weighted by atomic mass is 10.1. The number of nitrogens with two attached hydrogens (primary N) is 3. The predicted molar refractivity (Wildman–Crippen MR) is 110 cm³/mol. The summed E-state index contributed by atoms with van der Waals surface area (Å²) >= 11 is 0. The van der Waals surface area contributed by atoms with Crippen LogP contribution in [0.15, 0.2) is 72.8 Å². The Labute approximate surface area is 161 Å². The highest BCUT2D eigenvalue weighted by Gasteiger charge is 2.11. The van der Waals surface area contributed by atoms with Gasteiger partial charge < -0.3 is 21.9 Å². The smallest absolute Gasteiger partial charge is 0.221 e. The summed E-state index contributed by atoms with van der Waals surface area (Å²) in [4.78, 5) is 12.8. The summed E-state index contributed by atoms with van der Waals surface area (Å²) in [7, 11) is 0. The first-order valence-electron chi connectivity index (χ1n) is 8.59. The summed E-state index contributed by atoms with van der Waals surface area (Å²) in [6.45, 7) is 0. The second-order valence-corrected chi connectivity index (χ2v) is 6.11. The van der Waals surface area contributed by atoms with Gasteiger partial charge in [0.15, 0.2) is 0 Å². The highest BCUT2D eigenvalue weighted by atomic mass is 16.5. The van der Waals surface area contributed by atoms with E-state index in [9.17, 15) is 0 Å². The van der Waals surface area contributed by atoms with E-state index in [4.69, 9.17) is 21.9 Å². The summed E-state index contributed by atoms with van der Waals surface area (Å²) in [6.07, 6.45) is 0. The number of aromatic nitrogens is 3. The fourth-order valence-electron chi connectivity index (χ4n) is 2.74. The summed E-state index contributed by atoms with van der Waals surface area (Å²) < 4.78 is 5.82. The molecule has 0 saturated carbocycles. The van der Waals surface area contributed by atoms with Crippen molar-refractivity contribution in [2.24, 2.45) is 0 Å². The molecule has 4 rings (SSSR count). The van der Waals surface area contributed by atoms with Gasteiger partial charge in [0.05, 0.1) is 17.1 Å². The van der Waals surface area contributed by atoms with Gasteiger partial charge in [0.1, 0.15) is 23.0 Å². The molecule has 0 spiro atoms. The van der Waals surface area contributed by atoms with Crippen LogP contribution in [0.25, 0.3) is 22.6 Å². The standard InChI is InChI=1S/C21H18N6O/c22-16-10-11-19(23)27-20(16)18-12-17(25-21(24)26-18)13-6-8-15(9-7-13)28-14-4-2-1-3-5-14/h1-12H,22H2,(H2,23,27)(H2,24,25,26). The number of benzene rings is 2. The fraction of sp³-hybridized carbons (Fsp3) is 0. The van der Waals surface area contributed by atoms with Crippen LogP contribution in [-0.2, 0) is 0 Å². The average Bonchev–Trinajstić information content (AvgIpc) is 2.71. The van der Waals surface area contributed by atoms with Crippen molar-refractivity contribution in [3.8, 4) is 34.1 Å². The van der Waals surface area contributed by atoms with E-state index < -0.39 is 0 Å². The minimum absolute atomic E-state index is 0.126. The monoisotopic (exact) mass is 370 g/mol. The number of nitrogen functional groups attached to an aromatic ring is 3. The average molecular weight is 370 g/mol. The number of nitrogens with zero attached hydrogens (tertiary/aromatic N) is 3. The molecule has 0 aliphatic carbocycles. The first kappa shape index (κ1) is 17.3. The predicted octanol–water partition coefficient (Wildman–Crippen LogP) is 3.74. The molecule has 0 atom stereocenters. The number of rotatable bonds is 4. The van der Waals surface area contributed by atoms with E-state index in [2.05, 4.69) is 15.0 Å². The van der Waals surface area contributed by atoms with E-state index in [1.165, 1.54) is 0 Å². The first-order valence-corrected chi connectivity index (χ1v) is 8.59. The lowest BCUT2D eigenvalue weighted by molar-refractivity contribution is 0.483. The van der Waals surface area contributed by atoms with Crippen molar-refractivity contribution in [3.63, 3.8) is 0 Å². The Balaban J connectivity index is 1.66. The van der Waals surface area contributed by atoms with Crippen molar-refractivity contribution < 1.29 is 4.74 Å². The topological polar surface area (TPSA) is 126 Å². The van der Waals surface area contributed by atoms with Crippen LogP contribution in [0.4, 0.5) is 17.5 Å².